The molecule has 0 radical (unpaired) electrons. The Kier molecular flexibility index (Phi) is 4.93. The number of carbonyl (C=O) groups excluding carboxylic acids is 1. The Bertz CT molecular complexity index is 269. The van der Waals surface area contributed by atoms with Gasteiger partial charge in [0.15, 0.2) is 0 Å². The van der Waals surface area contributed by atoms with Gasteiger partial charge in [-0.3, -0.25) is 9.59 Å². The predicted molar refractivity (Wildman–Crippen MR) is 61.9 cm³/mol. The van der Waals surface area contributed by atoms with Gasteiger partial charge in [-0.15, -0.1) is 0 Å². The van der Waals surface area contributed by atoms with Crippen molar-refractivity contribution in [2.45, 2.75) is 46.7 Å². The summed E-state index contributed by atoms with van der Waals surface area (Å²) >= 11 is 0. The first-order chi connectivity index (χ1) is 7.07. The Morgan fingerprint density at radius 2 is 1.75 bits per heavy atom. The monoisotopic (exact) mass is 230 g/mol. The van der Waals surface area contributed by atoms with Crippen LogP contribution in [0.5, 0.6) is 0 Å². The van der Waals surface area contributed by atoms with E-state index in [1.54, 1.807) is 13.8 Å². The molecule has 0 saturated heterocycles. The quantitative estimate of drug-likeness (QED) is 0.744. The van der Waals surface area contributed by atoms with E-state index in [4.69, 9.17) is 10.8 Å². The van der Waals surface area contributed by atoms with Gasteiger partial charge in [0.05, 0.1) is 6.04 Å². The smallest absolute Gasteiger partial charge is 0.323 e. The second-order valence-corrected chi connectivity index (χ2v) is 5.30. The highest BCUT2D eigenvalue weighted by molar-refractivity contribution is 5.86. The first-order valence-electron chi connectivity index (χ1n) is 5.35. The summed E-state index contributed by atoms with van der Waals surface area (Å²) in [6, 6.07) is -0.855. The molecule has 0 bridgehead atoms. The van der Waals surface area contributed by atoms with Crippen molar-refractivity contribution < 1.29 is 14.7 Å². The normalized spacial score (nSPS) is 13.7. The van der Waals surface area contributed by atoms with Crippen LogP contribution in [0.2, 0.25) is 0 Å². The van der Waals surface area contributed by atoms with Crippen LogP contribution in [0.15, 0.2) is 0 Å². The molecular weight excluding hydrogens is 208 g/mol. The molecule has 0 fully saturated rings. The molecule has 1 amide bonds. The van der Waals surface area contributed by atoms with E-state index in [0.29, 0.717) is 0 Å². The third-order valence-corrected chi connectivity index (χ3v) is 2.41. The highest BCUT2D eigenvalue weighted by Crippen LogP contribution is 2.19. The van der Waals surface area contributed by atoms with Gasteiger partial charge in [-0.1, -0.05) is 20.8 Å². The molecule has 0 saturated carbocycles. The van der Waals surface area contributed by atoms with Crippen LogP contribution in [0.25, 0.3) is 0 Å². The number of hydrogen-bond donors (Lipinski definition) is 2. The molecule has 0 rings (SSSR count). The van der Waals surface area contributed by atoms with Crippen LogP contribution in [0.4, 0.5) is 0 Å². The van der Waals surface area contributed by atoms with Crippen molar-refractivity contribution in [3.8, 4) is 0 Å². The Labute approximate surface area is 96.6 Å². The molecule has 0 aromatic heterocycles. The van der Waals surface area contributed by atoms with Gasteiger partial charge in [0.2, 0.25) is 5.91 Å². The van der Waals surface area contributed by atoms with E-state index in [1.165, 1.54) is 4.90 Å². The number of rotatable bonds is 4. The molecule has 3 N–H and O–H groups in total. The van der Waals surface area contributed by atoms with Crippen molar-refractivity contribution in [1.82, 2.24) is 4.90 Å². The lowest BCUT2D eigenvalue weighted by molar-refractivity contribution is -0.147. The standard InChI is InChI=1S/C11H22N2O3/c1-7(2)13(6-8(14)15)10(16)9(12)11(3,4)5/h7,9H,6,12H2,1-5H3,(H,14,15)/t9-/m1/s1. The summed E-state index contributed by atoms with van der Waals surface area (Å²) in [5, 5.41) is 8.73. The molecule has 0 aliphatic heterocycles. The molecule has 0 spiro atoms. The maximum atomic E-state index is 12.0. The number of carbonyl (C=O) groups is 2. The molecule has 0 heterocycles. The number of amides is 1. The van der Waals surface area contributed by atoms with Crippen LogP contribution in [-0.4, -0.2) is 40.5 Å². The van der Waals surface area contributed by atoms with Crippen molar-refractivity contribution >= 4 is 11.9 Å². The van der Waals surface area contributed by atoms with Crippen molar-refractivity contribution in [3.05, 3.63) is 0 Å². The first-order valence-corrected chi connectivity index (χ1v) is 5.35. The topological polar surface area (TPSA) is 83.6 Å². The maximum Gasteiger partial charge on any atom is 0.323 e. The molecule has 0 aromatic carbocycles. The summed E-state index contributed by atoms with van der Waals surface area (Å²) in [4.78, 5) is 24.0. The van der Waals surface area contributed by atoms with Gasteiger partial charge in [-0.2, -0.15) is 0 Å². The minimum Gasteiger partial charge on any atom is -0.480 e. The number of carboxylic acids is 1. The van der Waals surface area contributed by atoms with Crippen molar-refractivity contribution in [2.75, 3.05) is 6.54 Å². The Morgan fingerprint density at radius 1 is 1.31 bits per heavy atom. The van der Waals surface area contributed by atoms with Gasteiger partial charge in [0.1, 0.15) is 6.54 Å². The zero-order chi connectivity index (χ0) is 13.1. The van der Waals surface area contributed by atoms with E-state index in [0.717, 1.165) is 0 Å². The molecule has 5 nitrogen and oxygen atoms in total. The van der Waals surface area contributed by atoms with Crippen LogP contribution in [-0.2, 0) is 9.59 Å². The zero-order valence-corrected chi connectivity index (χ0v) is 10.7. The Hall–Kier alpha value is -1.10. The van der Waals surface area contributed by atoms with Gasteiger partial charge in [0, 0.05) is 6.04 Å². The van der Waals surface area contributed by atoms with Crippen LogP contribution < -0.4 is 5.73 Å². The van der Waals surface area contributed by atoms with Gasteiger partial charge >= 0.3 is 5.97 Å². The summed E-state index contributed by atoms with van der Waals surface area (Å²) < 4.78 is 0. The van der Waals surface area contributed by atoms with E-state index < -0.39 is 12.0 Å². The highest BCUT2D eigenvalue weighted by atomic mass is 16.4. The fraction of sp³-hybridized carbons (Fsp3) is 0.818. The summed E-state index contributed by atoms with van der Waals surface area (Å²) in [5.41, 5.74) is 5.45. The molecule has 0 aliphatic rings. The molecular formula is C11H22N2O3. The molecule has 5 heteroatoms. The third-order valence-electron chi connectivity index (χ3n) is 2.41. The Morgan fingerprint density at radius 3 is 2.00 bits per heavy atom. The van der Waals surface area contributed by atoms with Crippen molar-refractivity contribution in [1.29, 1.82) is 0 Å². The van der Waals surface area contributed by atoms with Crippen LogP contribution in [0, 0.1) is 5.41 Å². The van der Waals surface area contributed by atoms with E-state index in [2.05, 4.69) is 0 Å². The van der Waals surface area contributed by atoms with Crippen molar-refractivity contribution in [3.63, 3.8) is 0 Å². The number of carboxylic acid groups (broad SMARTS) is 1. The fourth-order valence-corrected chi connectivity index (χ4v) is 1.21. The summed E-state index contributed by atoms with van der Waals surface area (Å²) in [6.45, 7) is 8.81. The minimum atomic E-state index is -1.02. The van der Waals surface area contributed by atoms with E-state index >= 15 is 0 Å². The fourth-order valence-electron chi connectivity index (χ4n) is 1.21. The zero-order valence-electron chi connectivity index (χ0n) is 10.7. The SMILES string of the molecule is CC(C)N(CC(=O)O)C(=O)[C@@H](N)C(C)(C)C. The lowest BCUT2D eigenvalue weighted by Gasteiger charge is -2.33. The average Bonchev–Trinajstić information content (AvgIpc) is 2.09. The molecule has 0 aliphatic carbocycles. The van der Waals surface area contributed by atoms with Crippen LogP contribution in [0.3, 0.4) is 0 Å². The molecule has 0 unspecified atom stereocenters. The number of nitrogens with zero attached hydrogens (tertiary/aromatic N) is 1. The largest absolute Gasteiger partial charge is 0.480 e. The van der Waals surface area contributed by atoms with Crippen molar-refractivity contribution in [2.24, 2.45) is 11.1 Å². The van der Waals surface area contributed by atoms with Gasteiger partial charge in [-0.05, 0) is 19.3 Å². The van der Waals surface area contributed by atoms with E-state index in [-0.39, 0.29) is 23.9 Å². The second-order valence-electron chi connectivity index (χ2n) is 5.30. The first kappa shape index (κ1) is 14.9. The van der Waals surface area contributed by atoms with E-state index in [1.807, 2.05) is 20.8 Å². The minimum absolute atomic E-state index is 0.169. The third kappa shape index (κ3) is 4.18. The summed E-state index contributed by atoms with van der Waals surface area (Å²) in [5.74, 6) is -1.34. The number of aliphatic carboxylic acids is 1. The maximum absolute atomic E-state index is 12.0. The molecule has 16 heavy (non-hydrogen) atoms. The van der Waals surface area contributed by atoms with Gasteiger partial charge < -0.3 is 15.7 Å². The van der Waals surface area contributed by atoms with Crippen LogP contribution in [0.1, 0.15) is 34.6 Å². The lowest BCUT2D eigenvalue weighted by atomic mass is 9.86. The van der Waals surface area contributed by atoms with Gasteiger partial charge in [-0.25, -0.2) is 0 Å². The molecule has 94 valence electrons. The predicted octanol–water partition coefficient (Wildman–Crippen LogP) is 0.681. The summed E-state index contributed by atoms with van der Waals surface area (Å²) in [6.07, 6.45) is 0. The number of nitrogens with two attached hydrogens (primary N) is 1. The average molecular weight is 230 g/mol. The molecule has 1 atom stereocenters. The lowest BCUT2D eigenvalue weighted by Crippen LogP contribution is -2.53. The molecule has 0 aromatic rings. The summed E-state index contributed by atoms with van der Waals surface area (Å²) in [7, 11) is 0. The second kappa shape index (κ2) is 5.30. The Balaban J connectivity index is 4.82. The van der Waals surface area contributed by atoms with E-state index in [9.17, 15) is 9.59 Å². The number of hydrogen-bond acceptors (Lipinski definition) is 3. The van der Waals surface area contributed by atoms with Gasteiger partial charge in [0.25, 0.3) is 0 Å². The van der Waals surface area contributed by atoms with Crippen LogP contribution >= 0.6 is 0 Å². The highest BCUT2D eigenvalue weighted by Gasteiger charge is 2.32.